The molecule has 3 nitrogen and oxygen atoms in total. The molecule has 1 aromatic carbocycles. The van der Waals surface area contributed by atoms with Crippen LogP contribution in [0.4, 0.5) is 0 Å². The SMILES string of the molecule is CSc1ccc(Cl)c(C(=O)NCC2(N(C)C)CCCC2)c1. The van der Waals surface area contributed by atoms with Gasteiger partial charge in [0.1, 0.15) is 0 Å². The standard InChI is InChI=1S/C16H23ClN2OS/c1-19(2)16(8-4-5-9-16)11-18-15(20)13-10-12(21-3)6-7-14(13)17/h6-7,10H,4-5,8-9,11H2,1-3H3,(H,18,20). The van der Waals surface area contributed by atoms with Crippen molar-refractivity contribution < 1.29 is 4.79 Å². The number of carbonyl (C=O) groups excluding carboxylic acids is 1. The van der Waals surface area contributed by atoms with E-state index in [0.29, 0.717) is 17.1 Å². The third-order valence-corrected chi connectivity index (χ3v) is 5.53. The van der Waals surface area contributed by atoms with Crippen LogP contribution in [0.3, 0.4) is 0 Å². The van der Waals surface area contributed by atoms with Gasteiger partial charge >= 0.3 is 0 Å². The van der Waals surface area contributed by atoms with Gasteiger partial charge in [-0.05, 0) is 51.4 Å². The zero-order valence-corrected chi connectivity index (χ0v) is 14.5. The molecule has 1 amide bonds. The average molecular weight is 327 g/mol. The average Bonchev–Trinajstić information content (AvgIpc) is 2.95. The minimum Gasteiger partial charge on any atom is -0.350 e. The number of likely N-dealkylation sites (N-methyl/N-ethyl adjacent to an activating group) is 1. The summed E-state index contributed by atoms with van der Waals surface area (Å²) < 4.78 is 0. The first kappa shape index (κ1) is 16.7. The van der Waals surface area contributed by atoms with Gasteiger partial charge in [0.2, 0.25) is 0 Å². The van der Waals surface area contributed by atoms with Gasteiger partial charge in [-0.25, -0.2) is 0 Å². The van der Waals surface area contributed by atoms with Gasteiger partial charge in [0.25, 0.3) is 5.91 Å². The molecule has 0 bridgehead atoms. The van der Waals surface area contributed by atoms with E-state index in [1.165, 1.54) is 12.8 Å². The fourth-order valence-corrected chi connectivity index (χ4v) is 3.60. The van der Waals surface area contributed by atoms with Crippen LogP contribution >= 0.6 is 23.4 Å². The summed E-state index contributed by atoms with van der Waals surface area (Å²) >= 11 is 7.77. The lowest BCUT2D eigenvalue weighted by atomic mass is 9.96. The molecule has 0 aliphatic heterocycles. The molecule has 1 N–H and O–H groups in total. The predicted octanol–water partition coefficient (Wildman–Crippen LogP) is 3.67. The van der Waals surface area contributed by atoms with E-state index < -0.39 is 0 Å². The Morgan fingerprint density at radius 2 is 2.05 bits per heavy atom. The Balaban J connectivity index is 2.08. The van der Waals surface area contributed by atoms with Gasteiger partial charge in [0.15, 0.2) is 0 Å². The van der Waals surface area contributed by atoms with Gasteiger partial charge in [0, 0.05) is 17.0 Å². The lowest BCUT2D eigenvalue weighted by Gasteiger charge is -2.36. The van der Waals surface area contributed by atoms with Crippen LogP contribution in [0.1, 0.15) is 36.0 Å². The van der Waals surface area contributed by atoms with E-state index in [4.69, 9.17) is 11.6 Å². The monoisotopic (exact) mass is 326 g/mol. The topological polar surface area (TPSA) is 32.3 Å². The highest BCUT2D eigenvalue weighted by Crippen LogP contribution is 2.33. The highest BCUT2D eigenvalue weighted by atomic mass is 35.5. The molecule has 0 aromatic heterocycles. The summed E-state index contributed by atoms with van der Waals surface area (Å²) in [6.07, 6.45) is 6.73. The van der Waals surface area contributed by atoms with Crippen molar-refractivity contribution in [1.82, 2.24) is 10.2 Å². The van der Waals surface area contributed by atoms with E-state index in [9.17, 15) is 4.79 Å². The second-order valence-electron chi connectivity index (χ2n) is 5.85. The number of rotatable bonds is 5. The normalized spacial score (nSPS) is 17.2. The van der Waals surface area contributed by atoms with E-state index in [2.05, 4.69) is 24.3 Å². The maximum atomic E-state index is 12.4. The van der Waals surface area contributed by atoms with Crippen LogP contribution in [0, 0.1) is 0 Å². The number of benzene rings is 1. The quantitative estimate of drug-likeness (QED) is 0.838. The van der Waals surface area contributed by atoms with E-state index in [1.807, 2.05) is 18.4 Å². The summed E-state index contributed by atoms with van der Waals surface area (Å²) in [5.41, 5.74) is 0.662. The summed E-state index contributed by atoms with van der Waals surface area (Å²) in [6.45, 7) is 0.679. The third-order valence-electron chi connectivity index (χ3n) is 4.48. The zero-order valence-electron chi connectivity index (χ0n) is 12.9. The van der Waals surface area contributed by atoms with Crippen molar-refractivity contribution in [2.45, 2.75) is 36.1 Å². The molecule has 1 saturated carbocycles. The van der Waals surface area contributed by atoms with Crippen LogP contribution in [-0.4, -0.2) is 43.2 Å². The molecule has 0 atom stereocenters. The van der Waals surface area contributed by atoms with Gasteiger partial charge in [-0.2, -0.15) is 0 Å². The number of amides is 1. The van der Waals surface area contributed by atoms with Gasteiger partial charge in [0.05, 0.1) is 10.6 Å². The first-order valence-electron chi connectivity index (χ1n) is 7.28. The summed E-state index contributed by atoms with van der Waals surface area (Å²) in [4.78, 5) is 15.7. The lowest BCUT2D eigenvalue weighted by molar-refractivity contribution is 0.0900. The summed E-state index contributed by atoms with van der Waals surface area (Å²) in [7, 11) is 4.19. The highest BCUT2D eigenvalue weighted by Gasteiger charge is 2.36. The molecule has 1 aliphatic carbocycles. The minimum absolute atomic E-state index is 0.0796. The molecule has 0 saturated heterocycles. The van der Waals surface area contributed by atoms with Crippen molar-refractivity contribution in [3.8, 4) is 0 Å². The Hall–Kier alpha value is -0.710. The molecule has 0 unspecified atom stereocenters. The maximum absolute atomic E-state index is 12.4. The van der Waals surface area contributed by atoms with Crippen LogP contribution < -0.4 is 5.32 Å². The summed E-state index contributed by atoms with van der Waals surface area (Å²) in [6, 6.07) is 5.58. The van der Waals surface area contributed by atoms with E-state index >= 15 is 0 Å². The molecular formula is C16H23ClN2OS. The Labute approximate surface area is 136 Å². The first-order valence-corrected chi connectivity index (χ1v) is 8.88. The van der Waals surface area contributed by atoms with Gasteiger partial charge in [-0.15, -0.1) is 11.8 Å². The summed E-state index contributed by atoms with van der Waals surface area (Å²) in [5.74, 6) is -0.0796. The fraction of sp³-hybridized carbons (Fsp3) is 0.562. The zero-order chi connectivity index (χ0) is 15.5. The Kier molecular flexibility index (Phi) is 5.58. The molecule has 2 rings (SSSR count). The Bertz CT molecular complexity index is 513. The van der Waals surface area contributed by atoms with Crippen molar-refractivity contribution >= 4 is 29.3 Å². The number of nitrogens with one attached hydrogen (secondary N) is 1. The van der Waals surface area contributed by atoms with Crippen LogP contribution in [0.2, 0.25) is 5.02 Å². The number of halogens is 1. The van der Waals surface area contributed by atoms with Gasteiger partial charge in [-0.1, -0.05) is 24.4 Å². The third kappa shape index (κ3) is 3.74. The van der Waals surface area contributed by atoms with Gasteiger partial charge in [-0.3, -0.25) is 4.79 Å². The molecule has 0 heterocycles. The predicted molar refractivity (Wildman–Crippen MR) is 90.5 cm³/mol. The number of nitrogens with zero attached hydrogens (tertiary/aromatic N) is 1. The fourth-order valence-electron chi connectivity index (χ4n) is 2.96. The molecule has 1 aliphatic rings. The van der Waals surface area contributed by atoms with Crippen molar-refractivity contribution in [1.29, 1.82) is 0 Å². The number of hydrogen-bond donors (Lipinski definition) is 1. The molecule has 1 fully saturated rings. The molecule has 0 spiro atoms. The van der Waals surface area contributed by atoms with Crippen LogP contribution in [-0.2, 0) is 0 Å². The minimum atomic E-state index is -0.0796. The second-order valence-corrected chi connectivity index (χ2v) is 7.14. The maximum Gasteiger partial charge on any atom is 0.252 e. The van der Waals surface area contributed by atoms with Crippen molar-refractivity contribution in [3.63, 3.8) is 0 Å². The van der Waals surface area contributed by atoms with Crippen LogP contribution in [0.25, 0.3) is 0 Å². The number of hydrogen-bond acceptors (Lipinski definition) is 3. The van der Waals surface area contributed by atoms with Crippen LogP contribution in [0.5, 0.6) is 0 Å². The summed E-state index contributed by atoms with van der Waals surface area (Å²) in [5, 5.41) is 3.59. The lowest BCUT2D eigenvalue weighted by Crippen LogP contribution is -2.50. The molecule has 21 heavy (non-hydrogen) atoms. The van der Waals surface area contributed by atoms with E-state index in [1.54, 1.807) is 17.8 Å². The van der Waals surface area contributed by atoms with Gasteiger partial charge < -0.3 is 10.2 Å². The largest absolute Gasteiger partial charge is 0.350 e. The Morgan fingerprint density at radius 3 is 2.62 bits per heavy atom. The van der Waals surface area contributed by atoms with Crippen molar-refractivity contribution in [3.05, 3.63) is 28.8 Å². The molecule has 5 heteroatoms. The van der Waals surface area contributed by atoms with E-state index in [-0.39, 0.29) is 11.4 Å². The first-order chi connectivity index (χ1) is 9.98. The molecule has 1 aromatic rings. The van der Waals surface area contributed by atoms with E-state index in [0.717, 1.165) is 17.7 Å². The second kappa shape index (κ2) is 7.03. The van der Waals surface area contributed by atoms with Crippen molar-refractivity contribution in [2.24, 2.45) is 0 Å². The highest BCUT2D eigenvalue weighted by molar-refractivity contribution is 7.98. The Morgan fingerprint density at radius 1 is 1.38 bits per heavy atom. The van der Waals surface area contributed by atoms with Crippen LogP contribution in [0.15, 0.2) is 23.1 Å². The number of carbonyl (C=O) groups is 1. The molecule has 0 radical (unpaired) electrons. The number of thioether (sulfide) groups is 1. The molecular weight excluding hydrogens is 304 g/mol. The molecule has 116 valence electrons. The smallest absolute Gasteiger partial charge is 0.252 e. The van der Waals surface area contributed by atoms with Crippen molar-refractivity contribution in [2.75, 3.05) is 26.9 Å².